The number of halogens is 1. The molecule has 5 nitrogen and oxygen atoms in total. The van der Waals surface area contributed by atoms with Crippen LogP contribution in [0.15, 0.2) is 54.6 Å². The average Bonchev–Trinajstić information content (AvgIpc) is 3.19. The first-order chi connectivity index (χ1) is 14.1. The maximum atomic E-state index is 13.0. The molecular weight excluding hydrogens is 369 g/mol. The second-order valence-electron chi connectivity index (χ2n) is 7.53. The minimum atomic E-state index is -0.264. The molecule has 2 N–H and O–H groups in total. The third-order valence-corrected chi connectivity index (χ3v) is 5.47. The predicted octanol–water partition coefficient (Wildman–Crippen LogP) is 3.52. The summed E-state index contributed by atoms with van der Waals surface area (Å²) in [6, 6.07) is 15.9. The largest absolute Gasteiger partial charge is 0.355 e. The molecule has 0 spiro atoms. The zero-order valence-electron chi connectivity index (χ0n) is 16.2. The number of aromatic nitrogens is 1. The number of nitrogens with zero attached hydrogens (tertiary/aromatic N) is 1. The number of nitrogens with one attached hydrogen (secondary N) is 2. The third-order valence-electron chi connectivity index (χ3n) is 5.47. The van der Waals surface area contributed by atoms with Crippen molar-refractivity contribution < 1.29 is 14.0 Å². The van der Waals surface area contributed by atoms with Crippen molar-refractivity contribution in [1.29, 1.82) is 0 Å². The highest BCUT2D eigenvalue weighted by atomic mass is 19.1. The lowest BCUT2D eigenvalue weighted by molar-refractivity contribution is -0.126. The number of H-pyrrole nitrogens is 1. The van der Waals surface area contributed by atoms with Crippen LogP contribution in [0.2, 0.25) is 0 Å². The Morgan fingerprint density at radius 3 is 2.72 bits per heavy atom. The maximum absolute atomic E-state index is 13.0. The summed E-state index contributed by atoms with van der Waals surface area (Å²) in [6.45, 7) is 1.58. The van der Waals surface area contributed by atoms with E-state index >= 15 is 0 Å². The Morgan fingerprint density at radius 2 is 1.93 bits per heavy atom. The Balaban J connectivity index is 1.32. The van der Waals surface area contributed by atoms with Gasteiger partial charge in [0.1, 0.15) is 11.5 Å². The average molecular weight is 393 g/mol. The predicted molar refractivity (Wildman–Crippen MR) is 110 cm³/mol. The summed E-state index contributed by atoms with van der Waals surface area (Å²) in [6.07, 6.45) is 2.23. The van der Waals surface area contributed by atoms with Gasteiger partial charge < -0.3 is 15.2 Å². The lowest BCUT2D eigenvalue weighted by Crippen LogP contribution is -2.45. The number of para-hydroxylation sites is 1. The lowest BCUT2D eigenvalue weighted by Gasteiger charge is -2.31. The fourth-order valence-electron chi connectivity index (χ4n) is 3.86. The Morgan fingerprint density at radius 1 is 1.14 bits per heavy atom. The van der Waals surface area contributed by atoms with E-state index in [9.17, 15) is 14.0 Å². The maximum Gasteiger partial charge on any atom is 0.270 e. The van der Waals surface area contributed by atoms with Crippen LogP contribution in [0.3, 0.4) is 0 Å². The fraction of sp³-hybridized carbons (Fsp3) is 0.304. The van der Waals surface area contributed by atoms with E-state index in [4.69, 9.17) is 0 Å². The van der Waals surface area contributed by atoms with Crippen molar-refractivity contribution in [2.45, 2.75) is 19.3 Å². The monoisotopic (exact) mass is 393 g/mol. The highest BCUT2D eigenvalue weighted by Crippen LogP contribution is 2.21. The zero-order valence-corrected chi connectivity index (χ0v) is 16.2. The van der Waals surface area contributed by atoms with E-state index in [0.29, 0.717) is 31.7 Å². The quantitative estimate of drug-likeness (QED) is 0.697. The molecule has 4 rings (SSSR count). The number of benzene rings is 2. The number of carbonyl (C=O) groups is 2. The van der Waals surface area contributed by atoms with Gasteiger partial charge in [0.25, 0.3) is 5.91 Å². The van der Waals surface area contributed by atoms with Gasteiger partial charge in [-0.25, -0.2) is 4.39 Å². The molecule has 2 amide bonds. The van der Waals surface area contributed by atoms with E-state index in [2.05, 4.69) is 10.3 Å². The Labute approximate surface area is 168 Å². The van der Waals surface area contributed by atoms with Crippen LogP contribution in [-0.4, -0.2) is 41.3 Å². The summed E-state index contributed by atoms with van der Waals surface area (Å²) in [7, 11) is 0. The first kappa shape index (κ1) is 19.2. The highest BCUT2D eigenvalue weighted by molar-refractivity contribution is 5.98. The van der Waals surface area contributed by atoms with Gasteiger partial charge in [-0.3, -0.25) is 9.59 Å². The van der Waals surface area contributed by atoms with Gasteiger partial charge in [-0.2, -0.15) is 0 Å². The molecule has 3 aromatic rings. The van der Waals surface area contributed by atoms with Crippen molar-refractivity contribution in [2.75, 3.05) is 19.6 Å². The van der Waals surface area contributed by atoms with Crippen LogP contribution in [0.4, 0.5) is 4.39 Å². The van der Waals surface area contributed by atoms with Gasteiger partial charge in [-0.15, -0.1) is 0 Å². The molecule has 1 saturated heterocycles. The Kier molecular flexibility index (Phi) is 5.60. The summed E-state index contributed by atoms with van der Waals surface area (Å²) >= 11 is 0. The molecule has 1 unspecified atom stereocenters. The van der Waals surface area contributed by atoms with E-state index in [0.717, 1.165) is 29.3 Å². The van der Waals surface area contributed by atoms with Gasteiger partial charge in [0.2, 0.25) is 5.91 Å². The molecular formula is C23H24FN3O2. The van der Waals surface area contributed by atoms with Gasteiger partial charge in [-0.05, 0) is 49.1 Å². The van der Waals surface area contributed by atoms with Crippen molar-refractivity contribution in [3.63, 3.8) is 0 Å². The number of hydrogen-bond acceptors (Lipinski definition) is 2. The first-order valence-corrected chi connectivity index (χ1v) is 9.99. The first-order valence-electron chi connectivity index (χ1n) is 9.99. The van der Waals surface area contributed by atoms with E-state index in [1.807, 2.05) is 30.3 Å². The number of aromatic amines is 1. The molecule has 1 fully saturated rings. The van der Waals surface area contributed by atoms with Crippen LogP contribution in [0.25, 0.3) is 10.9 Å². The molecule has 1 atom stereocenters. The summed E-state index contributed by atoms with van der Waals surface area (Å²) < 4.78 is 13.0. The van der Waals surface area contributed by atoms with E-state index < -0.39 is 0 Å². The van der Waals surface area contributed by atoms with Crippen molar-refractivity contribution in [2.24, 2.45) is 5.92 Å². The summed E-state index contributed by atoms with van der Waals surface area (Å²) in [4.78, 5) is 30.4. The van der Waals surface area contributed by atoms with E-state index in [-0.39, 0.29) is 23.5 Å². The van der Waals surface area contributed by atoms with Crippen LogP contribution in [0.1, 0.15) is 28.9 Å². The van der Waals surface area contributed by atoms with E-state index in [1.165, 1.54) is 12.1 Å². The zero-order chi connectivity index (χ0) is 20.2. The van der Waals surface area contributed by atoms with Crippen LogP contribution < -0.4 is 5.32 Å². The van der Waals surface area contributed by atoms with Crippen LogP contribution >= 0.6 is 0 Å². The molecule has 0 radical (unpaired) electrons. The molecule has 0 aliphatic carbocycles. The summed E-state index contributed by atoms with van der Waals surface area (Å²) in [5.41, 5.74) is 2.47. The molecule has 2 heterocycles. The summed E-state index contributed by atoms with van der Waals surface area (Å²) in [5, 5.41) is 3.96. The van der Waals surface area contributed by atoms with Gasteiger partial charge in [0.05, 0.1) is 5.92 Å². The van der Waals surface area contributed by atoms with Crippen LogP contribution in [0.5, 0.6) is 0 Å². The number of rotatable bonds is 5. The minimum absolute atomic E-state index is 0.0266. The molecule has 0 saturated carbocycles. The highest BCUT2D eigenvalue weighted by Gasteiger charge is 2.29. The number of hydrogen-bond donors (Lipinski definition) is 2. The smallest absolute Gasteiger partial charge is 0.270 e. The molecule has 150 valence electrons. The van der Waals surface area contributed by atoms with E-state index in [1.54, 1.807) is 17.0 Å². The second-order valence-corrected chi connectivity index (χ2v) is 7.53. The van der Waals surface area contributed by atoms with Gasteiger partial charge in [0, 0.05) is 30.5 Å². The van der Waals surface area contributed by atoms with Crippen molar-refractivity contribution in [1.82, 2.24) is 15.2 Å². The van der Waals surface area contributed by atoms with Crippen molar-refractivity contribution in [3.05, 3.63) is 71.7 Å². The Bertz CT molecular complexity index is 979. The number of piperidine rings is 1. The summed E-state index contributed by atoms with van der Waals surface area (Å²) in [5.74, 6) is -0.559. The normalized spacial score (nSPS) is 16.7. The number of carbonyl (C=O) groups excluding carboxylic acids is 2. The molecule has 6 heteroatoms. The Hall–Kier alpha value is -3.15. The number of likely N-dealkylation sites (tertiary alicyclic amines) is 1. The van der Waals surface area contributed by atoms with Crippen LogP contribution in [-0.2, 0) is 11.2 Å². The molecule has 1 aromatic heterocycles. The molecule has 0 bridgehead atoms. The molecule has 2 aromatic carbocycles. The standard InChI is InChI=1S/C23H24FN3O2/c24-19-9-7-16(8-10-19)11-12-25-22(28)18-5-3-13-27(15-18)23(29)21-14-17-4-1-2-6-20(17)26-21/h1-2,4,6-10,14,18,26H,3,5,11-13,15H2,(H,25,28). The SMILES string of the molecule is O=C(NCCc1ccc(F)cc1)C1CCCN(C(=O)c2cc3ccccc3[nH]2)C1. The molecule has 29 heavy (non-hydrogen) atoms. The number of fused-ring (bicyclic) bond motifs is 1. The lowest BCUT2D eigenvalue weighted by atomic mass is 9.96. The topological polar surface area (TPSA) is 65.2 Å². The van der Waals surface area contributed by atoms with Crippen molar-refractivity contribution >= 4 is 22.7 Å². The fourth-order valence-corrected chi connectivity index (χ4v) is 3.86. The molecule has 1 aliphatic rings. The van der Waals surface area contributed by atoms with Gasteiger partial charge >= 0.3 is 0 Å². The second kappa shape index (κ2) is 8.47. The van der Waals surface area contributed by atoms with Gasteiger partial charge in [0.15, 0.2) is 0 Å². The third kappa shape index (κ3) is 4.47. The van der Waals surface area contributed by atoms with Crippen molar-refractivity contribution in [3.8, 4) is 0 Å². The van der Waals surface area contributed by atoms with Crippen LogP contribution in [0, 0.1) is 11.7 Å². The van der Waals surface area contributed by atoms with Gasteiger partial charge in [-0.1, -0.05) is 30.3 Å². The number of amides is 2. The minimum Gasteiger partial charge on any atom is -0.355 e. The molecule has 1 aliphatic heterocycles.